The number of ether oxygens (including phenoxy) is 1. The van der Waals surface area contributed by atoms with Gasteiger partial charge in [0.25, 0.3) is 0 Å². The summed E-state index contributed by atoms with van der Waals surface area (Å²) in [5.74, 6) is 1.40. The van der Waals surface area contributed by atoms with Crippen molar-refractivity contribution < 1.29 is 4.74 Å². The summed E-state index contributed by atoms with van der Waals surface area (Å²) in [6, 6.07) is 0. The molecule has 0 N–H and O–H groups in total. The van der Waals surface area contributed by atoms with Gasteiger partial charge in [-0.05, 0) is 6.42 Å². The molecule has 0 spiro atoms. The van der Waals surface area contributed by atoms with E-state index in [1.807, 2.05) is 10.8 Å². The van der Waals surface area contributed by atoms with E-state index in [9.17, 15) is 0 Å². The number of aryl methyl sites for hydroxylation is 1. The van der Waals surface area contributed by atoms with Gasteiger partial charge >= 0.3 is 0 Å². The third-order valence-corrected chi connectivity index (χ3v) is 1.91. The van der Waals surface area contributed by atoms with Crippen LogP contribution in [-0.4, -0.2) is 23.3 Å². The molecule has 0 aliphatic carbocycles. The van der Waals surface area contributed by atoms with Crippen molar-refractivity contribution in [2.24, 2.45) is 0 Å². The number of imidazole rings is 1. The quantitative estimate of drug-likeness (QED) is 0.519. The smallest absolute Gasteiger partial charge is 0.123 e. The Labute approximate surface area is 77.3 Å². The fourth-order valence-electron chi connectivity index (χ4n) is 1.05. The largest absolute Gasteiger partial charge is 0.385 e. The first-order valence-electron chi connectivity index (χ1n) is 3.93. The molecule has 68 valence electrons. The van der Waals surface area contributed by atoms with E-state index in [0.29, 0.717) is 5.88 Å². The third kappa shape index (κ3) is 2.50. The molecule has 0 unspecified atom stereocenters. The van der Waals surface area contributed by atoms with Crippen molar-refractivity contribution in [1.29, 1.82) is 0 Å². The van der Waals surface area contributed by atoms with Crippen LogP contribution in [0.25, 0.3) is 0 Å². The van der Waals surface area contributed by atoms with Gasteiger partial charge < -0.3 is 9.30 Å². The van der Waals surface area contributed by atoms with E-state index in [2.05, 4.69) is 4.98 Å². The maximum absolute atomic E-state index is 5.67. The summed E-state index contributed by atoms with van der Waals surface area (Å²) >= 11 is 5.67. The van der Waals surface area contributed by atoms with E-state index in [-0.39, 0.29) is 0 Å². The highest BCUT2D eigenvalue weighted by molar-refractivity contribution is 6.16. The Kier molecular flexibility index (Phi) is 4.11. The van der Waals surface area contributed by atoms with Crippen LogP contribution < -0.4 is 0 Å². The van der Waals surface area contributed by atoms with Crippen molar-refractivity contribution in [2.75, 3.05) is 13.7 Å². The first kappa shape index (κ1) is 9.55. The summed E-state index contributed by atoms with van der Waals surface area (Å²) in [5, 5.41) is 0. The molecule has 12 heavy (non-hydrogen) atoms. The van der Waals surface area contributed by atoms with Gasteiger partial charge in [0.2, 0.25) is 0 Å². The summed E-state index contributed by atoms with van der Waals surface area (Å²) in [7, 11) is 1.70. The van der Waals surface area contributed by atoms with E-state index in [0.717, 1.165) is 25.4 Å². The molecular weight excluding hydrogens is 176 g/mol. The Balaban J connectivity index is 2.39. The van der Waals surface area contributed by atoms with Crippen molar-refractivity contribution in [3.8, 4) is 0 Å². The zero-order valence-electron chi connectivity index (χ0n) is 7.16. The van der Waals surface area contributed by atoms with Crippen molar-refractivity contribution in [2.45, 2.75) is 18.8 Å². The fourth-order valence-corrected chi connectivity index (χ4v) is 1.28. The molecule has 0 atom stereocenters. The lowest BCUT2D eigenvalue weighted by Gasteiger charge is -2.04. The molecule has 0 aliphatic rings. The van der Waals surface area contributed by atoms with Gasteiger partial charge in [0.05, 0.1) is 5.88 Å². The Morgan fingerprint density at radius 2 is 2.50 bits per heavy atom. The predicted molar refractivity (Wildman–Crippen MR) is 48.3 cm³/mol. The molecule has 1 rings (SSSR count). The molecular formula is C8H13ClN2O. The lowest BCUT2D eigenvalue weighted by molar-refractivity contribution is 0.190. The van der Waals surface area contributed by atoms with Gasteiger partial charge in [-0.1, -0.05) is 0 Å². The van der Waals surface area contributed by atoms with Crippen LogP contribution >= 0.6 is 11.6 Å². The average Bonchev–Trinajstić information content (AvgIpc) is 2.52. The summed E-state index contributed by atoms with van der Waals surface area (Å²) < 4.78 is 6.99. The van der Waals surface area contributed by atoms with Gasteiger partial charge in [-0.3, -0.25) is 0 Å². The molecule has 0 aliphatic heterocycles. The summed E-state index contributed by atoms with van der Waals surface area (Å²) in [4.78, 5) is 4.10. The van der Waals surface area contributed by atoms with Crippen LogP contribution in [0.15, 0.2) is 12.4 Å². The molecule has 4 heteroatoms. The summed E-state index contributed by atoms with van der Waals surface area (Å²) in [6.45, 7) is 1.70. The van der Waals surface area contributed by atoms with E-state index < -0.39 is 0 Å². The number of hydrogen-bond acceptors (Lipinski definition) is 2. The van der Waals surface area contributed by atoms with Crippen molar-refractivity contribution in [3.63, 3.8) is 0 Å². The summed E-state index contributed by atoms with van der Waals surface area (Å²) in [6.07, 6.45) is 4.70. The Hall–Kier alpha value is -0.540. The van der Waals surface area contributed by atoms with Gasteiger partial charge in [0.1, 0.15) is 5.82 Å². The number of alkyl halides is 1. The van der Waals surface area contributed by atoms with Crippen molar-refractivity contribution in [3.05, 3.63) is 18.2 Å². The zero-order chi connectivity index (χ0) is 8.81. The molecule has 1 heterocycles. The average molecular weight is 189 g/mol. The maximum Gasteiger partial charge on any atom is 0.123 e. The number of aromatic nitrogens is 2. The Morgan fingerprint density at radius 1 is 1.67 bits per heavy atom. The monoisotopic (exact) mass is 188 g/mol. The van der Waals surface area contributed by atoms with Gasteiger partial charge in [-0.15, -0.1) is 11.6 Å². The highest BCUT2D eigenvalue weighted by atomic mass is 35.5. The second kappa shape index (κ2) is 5.17. The fraction of sp³-hybridized carbons (Fsp3) is 0.625. The topological polar surface area (TPSA) is 27.1 Å². The number of halogens is 1. The van der Waals surface area contributed by atoms with Gasteiger partial charge in [-0.2, -0.15) is 0 Å². The van der Waals surface area contributed by atoms with E-state index in [4.69, 9.17) is 16.3 Å². The van der Waals surface area contributed by atoms with Gasteiger partial charge in [0, 0.05) is 32.7 Å². The van der Waals surface area contributed by atoms with E-state index in [1.54, 1.807) is 13.3 Å². The second-order valence-electron chi connectivity index (χ2n) is 2.52. The van der Waals surface area contributed by atoms with Crippen LogP contribution in [0.2, 0.25) is 0 Å². The lowest BCUT2D eigenvalue weighted by atomic mass is 10.4. The Morgan fingerprint density at radius 3 is 3.17 bits per heavy atom. The Bertz CT molecular complexity index is 225. The first-order valence-corrected chi connectivity index (χ1v) is 4.47. The van der Waals surface area contributed by atoms with Crippen molar-refractivity contribution >= 4 is 11.6 Å². The molecule has 0 radical (unpaired) electrons. The predicted octanol–water partition coefficient (Wildman–Crippen LogP) is 1.66. The molecule has 0 fully saturated rings. The lowest BCUT2D eigenvalue weighted by Crippen LogP contribution is -2.03. The molecule has 0 saturated carbocycles. The zero-order valence-corrected chi connectivity index (χ0v) is 7.92. The van der Waals surface area contributed by atoms with Crippen LogP contribution in [0.4, 0.5) is 0 Å². The normalized spacial score (nSPS) is 10.5. The molecule has 1 aromatic heterocycles. The maximum atomic E-state index is 5.67. The van der Waals surface area contributed by atoms with Gasteiger partial charge in [0.15, 0.2) is 0 Å². The number of methoxy groups -OCH3 is 1. The standard InChI is InChI=1S/C8H13ClN2O/c1-12-6-2-4-11-5-3-10-8(11)7-9/h3,5H,2,4,6-7H2,1H3. The SMILES string of the molecule is COCCCn1ccnc1CCl. The minimum atomic E-state index is 0.472. The van der Waals surface area contributed by atoms with Crippen LogP contribution in [0.1, 0.15) is 12.2 Å². The molecule has 3 nitrogen and oxygen atoms in total. The van der Waals surface area contributed by atoms with Crippen LogP contribution in [0, 0.1) is 0 Å². The van der Waals surface area contributed by atoms with Gasteiger partial charge in [-0.25, -0.2) is 4.98 Å². The highest BCUT2D eigenvalue weighted by Crippen LogP contribution is 2.02. The minimum absolute atomic E-state index is 0.472. The van der Waals surface area contributed by atoms with Crippen LogP contribution in [-0.2, 0) is 17.2 Å². The highest BCUT2D eigenvalue weighted by Gasteiger charge is 1.99. The molecule has 0 aromatic carbocycles. The second-order valence-corrected chi connectivity index (χ2v) is 2.78. The number of hydrogen-bond donors (Lipinski definition) is 0. The van der Waals surface area contributed by atoms with Crippen LogP contribution in [0.3, 0.4) is 0 Å². The molecule has 1 aromatic rings. The minimum Gasteiger partial charge on any atom is -0.385 e. The number of nitrogens with zero attached hydrogens (tertiary/aromatic N) is 2. The molecule has 0 saturated heterocycles. The first-order chi connectivity index (χ1) is 5.88. The van der Waals surface area contributed by atoms with E-state index in [1.165, 1.54) is 0 Å². The third-order valence-electron chi connectivity index (χ3n) is 1.67. The number of rotatable bonds is 5. The molecule has 0 bridgehead atoms. The summed E-state index contributed by atoms with van der Waals surface area (Å²) in [5.41, 5.74) is 0. The van der Waals surface area contributed by atoms with E-state index >= 15 is 0 Å². The van der Waals surface area contributed by atoms with Crippen molar-refractivity contribution in [1.82, 2.24) is 9.55 Å². The molecule has 0 amide bonds. The van der Waals surface area contributed by atoms with Crippen LogP contribution in [0.5, 0.6) is 0 Å².